The zero-order valence-electron chi connectivity index (χ0n) is 16.9. The Bertz CT molecular complexity index is 959. The lowest BCUT2D eigenvalue weighted by Crippen LogP contribution is -2.31. The first-order chi connectivity index (χ1) is 13.8. The molecule has 8 nitrogen and oxygen atoms in total. The highest BCUT2D eigenvalue weighted by molar-refractivity contribution is 7.90. The summed E-state index contributed by atoms with van der Waals surface area (Å²) < 4.78 is 39.4. The lowest BCUT2D eigenvalue weighted by molar-refractivity contribution is -0.119. The molecule has 0 saturated carbocycles. The smallest absolute Gasteiger partial charge is 0.239 e. The van der Waals surface area contributed by atoms with Crippen LogP contribution in [0.25, 0.3) is 0 Å². The van der Waals surface area contributed by atoms with Crippen molar-refractivity contribution in [2.45, 2.75) is 11.3 Å². The second-order valence-corrected chi connectivity index (χ2v) is 8.24. The molecule has 0 aliphatic rings. The molecule has 0 aromatic heterocycles. The van der Waals surface area contributed by atoms with E-state index in [-0.39, 0.29) is 23.1 Å². The Morgan fingerprint density at radius 1 is 1.00 bits per heavy atom. The highest BCUT2D eigenvalue weighted by atomic mass is 32.2. The minimum Gasteiger partial charge on any atom is -0.493 e. The highest BCUT2D eigenvalue weighted by Gasteiger charge is 2.17. The Hall–Kier alpha value is -2.94. The zero-order valence-corrected chi connectivity index (χ0v) is 17.8. The molecule has 0 bridgehead atoms. The van der Waals surface area contributed by atoms with Gasteiger partial charge in [0.15, 0.2) is 27.1 Å². The maximum Gasteiger partial charge on any atom is 0.239 e. The lowest BCUT2D eigenvalue weighted by Gasteiger charge is -2.14. The van der Waals surface area contributed by atoms with Gasteiger partial charge < -0.3 is 24.8 Å². The number of hydrogen-bond donors (Lipinski definition) is 2. The van der Waals surface area contributed by atoms with Gasteiger partial charge in [-0.05, 0) is 36.2 Å². The van der Waals surface area contributed by atoms with E-state index in [4.69, 9.17) is 14.2 Å². The summed E-state index contributed by atoms with van der Waals surface area (Å²) in [6, 6.07) is 10.3. The van der Waals surface area contributed by atoms with Crippen LogP contribution in [0.4, 0.5) is 5.69 Å². The van der Waals surface area contributed by atoms with Crippen molar-refractivity contribution in [2.24, 2.45) is 0 Å². The number of sulfone groups is 1. The van der Waals surface area contributed by atoms with Crippen molar-refractivity contribution < 1.29 is 27.4 Å². The summed E-state index contributed by atoms with van der Waals surface area (Å²) in [6.45, 7) is 0.423. The van der Waals surface area contributed by atoms with Crippen molar-refractivity contribution in [2.75, 3.05) is 46.0 Å². The van der Waals surface area contributed by atoms with E-state index in [2.05, 4.69) is 10.6 Å². The van der Waals surface area contributed by atoms with E-state index in [0.29, 0.717) is 30.2 Å². The fourth-order valence-electron chi connectivity index (χ4n) is 2.78. The fraction of sp³-hybridized carbons (Fsp3) is 0.350. The summed E-state index contributed by atoms with van der Waals surface area (Å²) in [6.07, 6.45) is 1.73. The normalized spacial score (nSPS) is 10.9. The maximum atomic E-state index is 12.1. The molecule has 9 heteroatoms. The summed E-state index contributed by atoms with van der Waals surface area (Å²) in [7, 11) is 1.09. The summed E-state index contributed by atoms with van der Waals surface area (Å²) in [4.78, 5) is 12.2. The largest absolute Gasteiger partial charge is 0.493 e. The number of rotatable bonds is 10. The van der Waals surface area contributed by atoms with E-state index < -0.39 is 9.84 Å². The Kier molecular flexibility index (Phi) is 7.72. The van der Waals surface area contributed by atoms with E-state index in [0.717, 1.165) is 11.8 Å². The second-order valence-electron chi connectivity index (χ2n) is 6.25. The van der Waals surface area contributed by atoms with Gasteiger partial charge in [0.05, 0.1) is 33.6 Å². The van der Waals surface area contributed by atoms with Crippen LogP contribution in [0.2, 0.25) is 0 Å². The van der Waals surface area contributed by atoms with Crippen LogP contribution in [0.15, 0.2) is 41.3 Å². The van der Waals surface area contributed by atoms with Gasteiger partial charge in [0, 0.05) is 12.8 Å². The molecule has 2 aromatic carbocycles. The molecule has 0 heterocycles. The first kappa shape index (κ1) is 22.4. The van der Waals surface area contributed by atoms with Gasteiger partial charge in [-0.3, -0.25) is 4.79 Å². The number of para-hydroxylation sites is 1. The van der Waals surface area contributed by atoms with Crippen LogP contribution >= 0.6 is 0 Å². The molecule has 29 heavy (non-hydrogen) atoms. The van der Waals surface area contributed by atoms with Crippen LogP contribution in [0.5, 0.6) is 17.2 Å². The van der Waals surface area contributed by atoms with Crippen LogP contribution in [0.1, 0.15) is 5.56 Å². The van der Waals surface area contributed by atoms with Gasteiger partial charge >= 0.3 is 0 Å². The number of methoxy groups -OCH3 is 3. The number of benzene rings is 2. The molecular formula is C20H26N2O6S. The number of carbonyl (C=O) groups is 1. The van der Waals surface area contributed by atoms with Crippen molar-refractivity contribution in [3.63, 3.8) is 0 Å². The number of ether oxygens (including phenoxy) is 3. The zero-order chi connectivity index (χ0) is 21.4. The van der Waals surface area contributed by atoms with Gasteiger partial charge in [-0.15, -0.1) is 0 Å². The molecule has 2 rings (SSSR count). The SMILES string of the molecule is COc1ccc(CCNC(=O)CNc2cccc(S(C)(=O)=O)c2OC)cc1OC. The van der Waals surface area contributed by atoms with Crippen LogP contribution in [-0.2, 0) is 21.1 Å². The topological polar surface area (TPSA) is 103 Å². The molecule has 0 radical (unpaired) electrons. The monoisotopic (exact) mass is 422 g/mol. The fourth-order valence-corrected chi connectivity index (χ4v) is 3.63. The number of amides is 1. The minimum absolute atomic E-state index is 0.0183. The van der Waals surface area contributed by atoms with Crippen LogP contribution < -0.4 is 24.8 Å². The Morgan fingerprint density at radius 2 is 1.72 bits per heavy atom. The van der Waals surface area contributed by atoms with Crippen molar-refractivity contribution in [3.8, 4) is 17.2 Å². The summed E-state index contributed by atoms with van der Waals surface area (Å²) in [5.41, 5.74) is 1.43. The van der Waals surface area contributed by atoms with Gasteiger partial charge in [0.2, 0.25) is 5.91 Å². The molecule has 158 valence electrons. The second kappa shape index (κ2) is 10.0. The quantitative estimate of drug-likeness (QED) is 0.603. The predicted molar refractivity (Wildman–Crippen MR) is 111 cm³/mol. The third kappa shape index (κ3) is 6.02. The molecule has 2 N–H and O–H groups in total. The van der Waals surface area contributed by atoms with Crippen molar-refractivity contribution >= 4 is 21.4 Å². The van der Waals surface area contributed by atoms with Crippen LogP contribution in [-0.4, -0.2) is 55.0 Å². The summed E-state index contributed by atoms with van der Waals surface area (Å²) in [5.74, 6) is 1.25. The Labute approximate surface area is 171 Å². The van der Waals surface area contributed by atoms with E-state index in [1.165, 1.54) is 13.2 Å². The Morgan fingerprint density at radius 3 is 2.34 bits per heavy atom. The number of nitrogens with one attached hydrogen (secondary N) is 2. The first-order valence-electron chi connectivity index (χ1n) is 8.88. The van der Waals surface area contributed by atoms with Crippen molar-refractivity contribution in [1.29, 1.82) is 0 Å². The molecule has 2 aromatic rings. The van der Waals surface area contributed by atoms with Crippen LogP contribution in [0, 0.1) is 0 Å². The van der Waals surface area contributed by atoms with E-state index in [1.54, 1.807) is 26.4 Å². The van der Waals surface area contributed by atoms with Gasteiger partial charge in [-0.1, -0.05) is 12.1 Å². The predicted octanol–water partition coefficient (Wildman–Crippen LogP) is 1.89. The van der Waals surface area contributed by atoms with Crippen molar-refractivity contribution in [1.82, 2.24) is 5.32 Å². The maximum absolute atomic E-state index is 12.1. The molecule has 0 aliphatic heterocycles. The number of carbonyl (C=O) groups excluding carboxylic acids is 1. The standard InChI is InChI=1S/C20H26N2O6S/c1-26-16-9-8-14(12-17(16)27-2)10-11-21-19(23)13-22-15-6-5-7-18(20(15)28-3)29(4,24)25/h5-9,12,22H,10-11,13H2,1-4H3,(H,21,23). The van der Waals surface area contributed by atoms with Gasteiger partial charge in [-0.25, -0.2) is 8.42 Å². The molecule has 0 aliphatic carbocycles. The molecular weight excluding hydrogens is 396 g/mol. The Balaban J connectivity index is 1.91. The minimum atomic E-state index is -3.45. The number of hydrogen-bond acceptors (Lipinski definition) is 7. The molecule has 0 saturated heterocycles. The molecule has 0 fully saturated rings. The van der Waals surface area contributed by atoms with Gasteiger partial charge in [-0.2, -0.15) is 0 Å². The summed E-state index contributed by atoms with van der Waals surface area (Å²) in [5, 5.41) is 5.74. The van der Waals surface area contributed by atoms with Crippen LogP contribution in [0.3, 0.4) is 0 Å². The van der Waals surface area contributed by atoms with Crippen molar-refractivity contribution in [3.05, 3.63) is 42.0 Å². The molecule has 0 spiro atoms. The van der Waals surface area contributed by atoms with Gasteiger partial charge in [0.1, 0.15) is 4.90 Å². The average Bonchev–Trinajstić information content (AvgIpc) is 2.71. The lowest BCUT2D eigenvalue weighted by atomic mass is 10.1. The average molecular weight is 423 g/mol. The third-order valence-electron chi connectivity index (χ3n) is 4.21. The molecule has 0 unspecified atom stereocenters. The molecule has 1 amide bonds. The molecule has 0 atom stereocenters. The third-order valence-corrected chi connectivity index (χ3v) is 5.33. The number of anilines is 1. The van der Waals surface area contributed by atoms with E-state index >= 15 is 0 Å². The first-order valence-corrected chi connectivity index (χ1v) is 10.8. The van der Waals surface area contributed by atoms with E-state index in [9.17, 15) is 13.2 Å². The summed E-state index contributed by atoms with van der Waals surface area (Å²) >= 11 is 0. The highest BCUT2D eigenvalue weighted by Crippen LogP contribution is 2.32. The van der Waals surface area contributed by atoms with Gasteiger partial charge in [0.25, 0.3) is 0 Å². The van der Waals surface area contributed by atoms with E-state index in [1.807, 2.05) is 18.2 Å².